The van der Waals surface area contributed by atoms with Gasteiger partial charge in [-0.2, -0.15) is 0 Å². The van der Waals surface area contributed by atoms with Gasteiger partial charge in [0.05, 0.1) is 17.5 Å². The van der Waals surface area contributed by atoms with Gasteiger partial charge in [0.1, 0.15) is 5.75 Å². The number of ketones is 1. The molecule has 2 amide bonds. The lowest BCUT2D eigenvalue weighted by molar-refractivity contribution is -0.149. The summed E-state index contributed by atoms with van der Waals surface area (Å²) in [5, 5.41) is 24.1. The van der Waals surface area contributed by atoms with E-state index < -0.39 is 41.2 Å². The Bertz CT molecular complexity index is 1430. The van der Waals surface area contributed by atoms with Crippen molar-refractivity contribution in [1.82, 2.24) is 5.32 Å². The van der Waals surface area contributed by atoms with Crippen LogP contribution in [0.25, 0.3) is 0 Å². The first-order valence-electron chi connectivity index (χ1n) is 11.9. The normalized spacial score (nSPS) is 24.8. The second-order valence-electron chi connectivity index (χ2n) is 9.72. The van der Waals surface area contributed by atoms with Crippen LogP contribution < -0.4 is 10.2 Å². The Kier molecular flexibility index (Phi) is 5.72. The zero-order valence-electron chi connectivity index (χ0n) is 20.6. The van der Waals surface area contributed by atoms with Crippen LogP contribution in [0.4, 0.5) is 5.69 Å². The molecule has 2 saturated heterocycles. The van der Waals surface area contributed by atoms with Gasteiger partial charge in [-0.15, -0.1) is 0 Å². The Morgan fingerprint density at radius 3 is 2.05 bits per heavy atom. The predicted octanol–water partition coefficient (Wildman–Crippen LogP) is 3.64. The second kappa shape index (κ2) is 8.67. The molecule has 4 unspecified atom stereocenters. The van der Waals surface area contributed by atoms with Crippen LogP contribution in [0.1, 0.15) is 45.6 Å². The van der Waals surface area contributed by atoms with Crippen molar-refractivity contribution in [2.24, 2.45) is 11.8 Å². The van der Waals surface area contributed by atoms with Gasteiger partial charge in [-0.05, 0) is 67.3 Å². The highest BCUT2D eigenvalue weighted by molar-refractivity contribution is 6.24. The van der Waals surface area contributed by atoms with Crippen LogP contribution in [0.3, 0.4) is 0 Å². The fourth-order valence-electron chi connectivity index (χ4n) is 5.75. The van der Waals surface area contributed by atoms with Gasteiger partial charge in [-0.1, -0.05) is 42.5 Å². The van der Waals surface area contributed by atoms with Gasteiger partial charge in [0.25, 0.3) is 0 Å². The number of carboxylic acid groups (broad SMARTS) is 1. The number of Topliss-reactive ketones (excluding diaryl/α,β-unsaturated/α-hetero) is 1. The molecular weight excluding hydrogens is 472 g/mol. The van der Waals surface area contributed by atoms with E-state index in [0.29, 0.717) is 27.8 Å². The van der Waals surface area contributed by atoms with E-state index in [-0.39, 0.29) is 17.2 Å². The number of benzene rings is 3. The molecule has 2 fully saturated rings. The van der Waals surface area contributed by atoms with Crippen LogP contribution in [0, 0.1) is 25.7 Å². The Hall–Kier alpha value is -4.30. The zero-order chi connectivity index (χ0) is 26.6. The Balaban J connectivity index is 1.70. The molecular formula is C29H26N2O6. The zero-order valence-corrected chi connectivity index (χ0v) is 20.6. The second-order valence-corrected chi connectivity index (χ2v) is 9.72. The summed E-state index contributed by atoms with van der Waals surface area (Å²) in [5.74, 6) is -4.69. The summed E-state index contributed by atoms with van der Waals surface area (Å²) in [6.45, 7) is 4.87. The highest BCUT2D eigenvalue weighted by Crippen LogP contribution is 2.54. The van der Waals surface area contributed by atoms with Gasteiger partial charge in [0.2, 0.25) is 11.8 Å². The van der Waals surface area contributed by atoms with Crippen LogP contribution in [-0.2, 0) is 19.9 Å². The fourth-order valence-corrected chi connectivity index (χ4v) is 5.75. The topological polar surface area (TPSA) is 124 Å². The first kappa shape index (κ1) is 24.4. The number of nitrogens with zero attached hydrogens (tertiary/aromatic N) is 1. The highest BCUT2D eigenvalue weighted by Gasteiger charge is 2.69. The average molecular weight is 499 g/mol. The van der Waals surface area contributed by atoms with Crippen LogP contribution in [0.2, 0.25) is 0 Å². The molecule has 4 atom stereocenters. The lowest BCUT2D eigenvalue weighted by atomic mass is 9.75. The largest absolute Gasteiger partial charge is 0.507 e. The minimum absolute atomic E-state index is 0.117. The van der Waals surface area contributed by atoms with Gasteiger partial charge in [0, 0.05) is 11.6 Å². The summed E-state index contributed by atoms with van der Waals surface area (Å²) in [6.07, 6.45) is 0. The van der Waals surface area contributed by atoms with E-state index in [9.17, 15) is 29.4 Å². The highest BCUT2D eigenvalue weighted by atomic mass is 16.4. The third-order valence-corrected chi connectivity index (χ3v) is 7.53. The van der Waals surface area contributed by atoms with Crippen LogP contribution in [-0.4, -0.2) is 33.8 Å². The number of anilines is 1. The summed E-state index contributed by atoms with van der Waals surface area (Å²) in [6, 6.07) is 17.1. The van der Waals surface area contributed by atoms with E-state index in [4.69, 9.17) is 0 Å². The number of amides is 2. The number of carboxylic acids is 1. The molecule has 0 aromatic heterocycles. The number of fused-ring (bicyclic) bond motifs is 1. The van der Waals surface area contributed by atoms with E-state index in [1.165, 1.54) is 31.2 Å². The molecule has 2 aliphatic rings. The number of aliphatic carboxylic acids is 1. The maximum atomic E-state index is 14.0. The van der Waals surface area contributed by atoms with Crippen molar-refractivity contribution in [2.45, 2.75) is 32.4 Å². The summed E-state index contributed by atoms with van der Waals surface area (Å²) in [5.41, 5.74) is 0.972. The molecule has 0 bridgehead atoms. The molecule has 0 radical (unpaired) electrons. The minimum Gasteiger partial charge on any atom is -0.507 e. The van der Waals surface area contributed by atoms with Crippen molar-refractivity contribution in [3.05, 3.63) is 94.5 Å². The average Bonchev–Trinajstić information content (AvgIpc) is 3.37. The smallest absolute Gasteiger partial charge is 0.329 e. The molecule has 3 aromatic carbocycles. The van der Waals surface area contributed by atoms with E-state index in [1.54, 1.807) is 56.3 Å². The molecule has 0 saturated carbocycles. The summed E-state index contributed by atoms with van der Waals surface area (Å²) < 4.78 is 0. The van der Waals surface area contributed by atoms with Gasteiger partial charge in [-0.25, -0.2) is 9.69 Å². The third kappa shape index (κ3) is 3.55. The first-order valence-corrected chi connectivity index (χ1v) is 11.9. The van der Waals surface area contributed by atoms with Crippen molar-refractivity contribution in [1.29, 1.82) is 0 Å². The number of aromatic hydroxyl groups is 1. The number of carbonyl (C=O) groups excluding carboxylic acids is 3. The number of nitrogens with one attached hydrogen (secondary N) is 1. The monoisotopic (exact) mass is 498 g/mol. The maximum Gasteiger partial charge on any atom is 0.329 e. The van der Waals surface area contributed by atoms with Gasteiger partial charge >= 0.3 is 5.97 Å². The molecule has 0 spiro atoms. The molecule has 2 heterocycles. The van der Waals surface area contributed by atoms with Crippen molar-refractivity contribution >= 4 is 29.3 Å². The lowest BCUT2D eigenvalue weighted by Gasteiger charge is -2.31. The fraction of sp³-hybridized carbons (Fsp3) is 0.241. The molecule has 37 heavy (non-hydrogen) atoms. The molecule has 3 aromatic rings. The summed E-state index contributed by atoms with van der Waals surface area (Å²) in [7, 11) is 0. The Labute approximate surface area is 213 Å². The van der Waals surface area contributed by atoms with E-state index >= 15 is 0 Å². The van der Waals surface area contributed by atoms with Crippen molar-refractivity contribution in [3.63, 3.8) is 0 Å². The number of phenols is 1. The first-order chi connectivity index (χ1) is 17.6. The van der Waals surface area contributed by atoms with Crippen LogP contribution in [0.5, 0.6) is 5.75 Å². The van der Waals surface area contributed by atoms with Crippen LogP contribution in [0.15, 0.2) is 66.7 Å². The summed E-state index contributed by atoms with van der Waals surface area (Å²) in [4.78, 5) is 53.7. The van der Waals surface area contributed by atoms with Gasteiger partial charge < -0.3 is 10.2 Å². The van der Waals surface area contributed by atoms with Crippen molar-refractivity contribution in [2.75, 3.05) is 4.90 Å². The van der Waals surface area contributed by atoms with Crippen LogP contribution >= 0.6 is 0 Å². The van der Waals surface area contributed by atoms with Crippen molar-refractivity contribution < 1.29 is 29.4 Å². The van der Waals surface area contributed by atoms with Gasteiger partial charge in [-0.3, -0.25) is 19.7 Å². The predicted molar refractivity (Wildman–Crippen MR) is 135 cm³/mol. The quantitative estimate of drug-likeness (QED) is 0.362. The SMILES string of the molecule is CC(=O)c1ccc(N2C(=O)C3C(c4cc(C)c(O)c(C)c4)NC(C(=O)O)(c4ccccc4)C3C2=O)cc1. The number of carbonyl (C=O) groups is 4. The number of aryl methyl sites for hydroxylation is 2. The molecule has 2 aliphatic heterocycles. The molecule has 3 N–H and O–H groups in total. The number of phenolic OH excluding ortho intramolecular Hbond substituents is 1. The maximum absolute atomic E-state index is 14.0. The Morgan fingerprint density at radius 2 is 1.51 bits per heavy atom. The Morgan fingerprint density at radius 1 is 0.919 bits per heavy atom. The standard InChI is InChI=1S/C29H26N2O6/c1-15-13-19(14-16(2)25(15)33)24-22-23(29(30-24,28(36)37)20-7-5-4-6-8-20)27(35)31(26(22)34)21-11-9-18(10-12-21)17(3)32/h4-14,22-24,30,33H,1-3H3,(H,36,37). The number of rotatable bonds is 5. The number of hydrogen-bond acceptors (Lipinski definition) is 6. The van der Waals surface area contributed by atoms with Crippen molar-refractivity contribution in [3.8, 4) is 5.75 Å². The van der Waals surface area contributed by atoms with E-state index in [0.717, 1.165) is 4.90 Å². The number of imide groups is 1. The summed E-state index contributed by atoms with van der Waals surface area (Å²) >= 11 is 0. The minimum atomic E-state index is -1.86. The molecule has 5 rings (SSSR count). The molecule has 8 nitrogen and oxygen atoms in total. The van der Waals surface area contributed by atoms with E-state index in [1.807, 2.05) is 0 Å². The number of hydrogen-bond donors (Lipinski definition) is 3. The van der Waals surface area contributed by atoms with E-state index in [2.05, 4.69) is 5.32 Å². The molecule has 188 valence electrons. The molecule has 0 aliphatic carbocycles. The third-order valence-electron chi connectivity index (χ3n) is 7.53. The lowest BCUT2D eigenvalue weighted by Crippen LogP contribution is -2.53. The molecule has 8 heteroatoms. The van der Waals surface area contributed by atoms with Gasteiger partial charge in [0.15, 0.2) is 11.3 Å².